The van der Waals surface area contributed by atoms with Crippen LogP contribution in [0.1, 0.15) is 5.56 Å². The highest BCUT2D eigenvalue weighted by molar-refractivity contribution is 5.80. The summed E-state index contributed by atoms with van der Waals surface area (Å²) < 4.78 is 13.0. The van der Waals surface area contributed by atoms with Gasteiger partial charge in [-0.3, -0.25) is 4.79 Å². The Bertz CT molecular complexity index is 339. The maximum atomic E-state index is 13.0. The van der Waals surface area contributed by atoms with Crippen LogP contribution in [-0.4, -0.2) is 19.5 Å². The third-order valence-corrected chi connectivity index (χ3v) is 1.90. The SMILES string of the molecule is CNC(=O)CNc1ccc(C)c(F)c1. The van der Waals surface area contributed by atoms with Gasteiger partial charge in [-0.15, -0.1) is 0 Å². The van der Waals surface area contributed by atoms with Crippen LogP contribution in [0.2, 0.25) is 0 Å². The van der Waals surface area contributed by atoms with Gasteiger partial charge >= 0.3 is 0 Å². The minimum Gasteiger partial charge on any atom is -0.376 e. The van der Waals surface area contributed by atoms with Crippen molar-refractivity contribution in [2.45, 2.75) is 6.92 Å². The maximum absolute atomic E-state index is 13.0. The van der Waals surface area contributed by atoms with Crippen molar-refractivity contribution in [2.75, 3.05) is 18.9 Å². The first kappa shape index (κ1) is 10.5. The molecule has 0 aliphatic heterocycles. The van der Waals surface area contributed by atoms with Crippen molar-refractivity contribution in [1.29, 1.82) is 0 Å². The molecule has 0 heterocycles. The summed E-state index contributed by atoms with van der Waals surface area (Å²) >= 11 is 0. The van der Waals surface area contributed by atoms with E-state index in [1.54, 1.807) is 26.1 Å². The fourth-order valence-corrected chi connectivity index (χ4v) is 0.974. The van der Waals surface area contributed by atoms with Gasteiger partial charge in [0.05, 0.1) is 6.54 Å². The minimum absolute atomic E-state index is 0.133. The predicted octanol–water partition coefficient (Wildman–Crippen LogP) is 1.29. The van der Waals surface area contributed by atoms with Crippen molar-refractivity contribution in [3.63, 3.8) is 0 Å². The molecular formula is C10H13FN2O. The summed E-state index contributed by atoms with van der Waals surface area (Å²) in [5, 5.41) is 5.28. The Kier molecular flexibility index (Phi) is 3.45. The van der Waals surface area contributed by atoms with Crippen molar-refractivity contribution in [2.24, 2.45) is 0 Å². The molecule has 2 N–H and O–H groups in total. The molecule has 0 aliphatic rings. The first-order valence-electron chi connectivity index (χ1n) is 4.34. The molecule has 0 aromatic heterocycles. The van der Waals surface area contributed by atoms with Crippen molar-refractivity contribution in [1.82, 2.24) is 5.32 Å². The van der Waals surface area contributed by atoms with Gasteiger partial charge in [0.25, 0.3) is 0 Å². The van der Waals surface area contributed by atoms with Gasteiger partial charge in [-0.05, 0) is 24.6 Å². The zero-order chi connectivity index (χ0) is 10.6. The molecule has 0 fully saturated rings. The molecule has 76 valence electrons. The van der Waals surface area contributed by atoms with Crippen LogP contribution in [0.25, 0.3) is 0 Å². The van der Waals surface area contributed by atoms with E-state index in [1.807, 2.05) is 0 Å². The lowest BCUT2D eigenvalue weighted by Crippen LogP contribution is -2.26. The Morgan fingerprint density at radius 2 is 2.21 bits per heavy atom. The van der Waals surface area contributed by atoms with E-state index in [0.717, 1.165) is 0 Å². The standard InChI is InChI=1S/C10H13FN2O/c1-7-3-4-8(5-9(7)11)13-6-10(14)12-2/h3-5,13H,6H2,1-2H3,(H,12,14). The Morgan fingerprint density at radius 3 is 2.79 bits per heavy atom. The molecule has 1 aromatic carbocycles. The first-order valence-corrected chi connectivity index (χ1v) is 4.34. The molecule has 1 rings (SSSR count). The van der Waals surface area contributed by atoms with Crippen LogP contribution < -0.4 is 10.6 Å². The molecule has 1 aromatic rings. The average Bonchev–Trinajstić information content (AvgIpc) is 2.19. The van der Waals surface area contributed by atoms with Crippen LogP contribution >= 0.6 is 0 Å². The van der Waals surface area contributed by atoms with Crippen LogP contribution in [0.4, 0.5) is 10.1 Å². The number of benzene rings is 1. The number of aryl methyl sites for hydroxylation is 1. The molecule has 0 spiro atoms. The van der Waals surface area contributed by atoms with Crippen molar-refractivity contribution < 1.29 is 9.18 Å². The number of likely N-dealkylation sites (N-methyl/N-ethyl adjacent to an activating group) is 1. The molecule has 4 heteroatoms. The van der Waals surface area contributed by atoms with E-state index in [2.05, 4.69) is 10.6 Å². The van der Waals surface area contributed by atoms with Gasteiger partial charge in [0.15, 0.2) is 0 Å². The molecule has 0 bridgehead atoms. The van der Waals surface area contributed by atoms with Gasteiger partial charge in [0.2, 0.25) is 5.91 Å². The number of carbonyl (C=O) groups excluding carboxylic acids is 1. The zero-order valence-corrected chi connectivity index (χ0v) is 8.23. The average molecular weight is 196 g/mol. The van der Waals surface area contributed by atoms with Crippen LogP contribution in [0.15, 0.2) is 18.2 Å². The number of hydrogen-bond donors (Lipinski definition) is 2. The number of carbonyl (C=O) groups is 1. The number of amides is 1. The number of hydrogen-bond acceptors (Lipinski definition) is 2. The van der Waals surface area contributed by atoms with Gasteiger partial charge in [-0.25, -0.2) is 4.39 Å². The summed E-state index contributed by atoms with van der Waals surface area (Å²) in [5.74, 6) is -0.405. The highest BCUT2D eigenvalue weighted by Crippen LogP contribution is 2.12. The van der Waals surface area contributed by atoms with Gasteiger partial charge in [-0.2, -0.15) is 0 Å². The fraction of sp³-hybridized carbons (Fsp3) is 0.300. The van der Waals surface area contributed by atoms with Crippen LogP contribution in [-0.2, 0) is 4.79 Å². The Labute approximate surface area is 82.3 Å². The topological polar surface area (TPSA) is 41.1 Å². The predicted molar refractivity (Wildman–Crippen MR) is 53.7 cm³/mol. The molecule has 0 aliphatic carbocycles. The third kappa shape index (κ3) is 2.73. The van der Waals surface area contributed by atoms with E-state index >= 15 is 0 Å². The summed E-state index contributed by atoms with van der Waals surface area (Å²) in [6, 6.07) is 4.78. The maximum Gasteiger partial charge on any atom is 0.239 e. The largest absolute Gasteiger partial charge is 0.376 e. The second-order valence-electron chi connectivity index (χ2n) is 2.99. The molecule has 14 heavy (non-hydrogen) atoms. The van der Waals surface area contributed by atoms with E-state index in [4.69, 9.17) is 0 Å². The minimum atomic E-state index is -0.271. The van der Waals surface area contributed by atoms with Crippen LogP contribution in [0.3, 0.4) is 0 Å². The fourth-order valence-electron chi connectivity index (χ4n) is 0.974. The third-order valence-electron chi connectivity index (χ3n) is 1.90. The smallest absolute Gasteiger partial charge is 0.239 e. The Hall–Kier alpha value is -1.58. The molecule has 0 radical (unpaired) electrons. The number of nitrogens with one attached hydrogen (secondary N) is 2. The van der Waals surface area contributed by atoms with E-state index < -0.39 is 0 Å². The van der Waals surface area contributed by atoms with Gasteiger partial charge < -0.3 is 10.6 Å². The second-order valence-corrected chi connectivity index (χ2v) is 2.99. The summed E-state index contributed by atoms with van der Waals surface area (Å²) in [5.41, 5.74) is 1.20. The van der Waals surface area contributed by atoms with Gasteiger partial charge in [0, 0.05) is 12.7 Å². The molecule has 0 saturated carbocycles. The summed E-state index contributed by atoms with van der Waals surface area (Å²) in [4.78, 5) is 10.9. The number of halogens is 1. The quantitative estimate of drug-likeness (QED) is 0.764. The number of anilines is 1. The second kappa shape index (κ2) is 4.60. The Balaban J connectivity index is 2.60. The molecular weight excluding hydrogens is 183 g/mol. The highest BCUT2D eigenvalue weighted by atomic mass is 19.1. The van der Waals surface area contributed by atoms with Crippen molar-refractivity contribution in [3.8, 4) is 0 Å². The Morgan fingerprint density at radius 1 is 1.50 bits per heavy atom. The molecule has 0 atom stereocenters. The van der Waals surface area contributed by atoms with E-state index in [1.165, 1.54) is 6.07 Å². The summed E-state index contributed by atoms with van der Waals surface area (Å²) in [7, 11) is 1.56. The highest BCUT2D eigenvalue weighted by Gasteiger charge is 2.00. The molecule has 0 unspecified atom stereocenters. The molecule has 1 amide bonds. The zero-order valence-electron chi connectivity index (χ0n) is 8.23. The molecule has 0 saturated heterocycles. The lowest BCUT2D eigenvalue weighted by atomic mass is 10.2. The first-order chi connectivity index (χ1) is 6.63. The van der Waals surface area contributed by atoms with E-state index in [9.17, 15) is 9.18 Å². The molecule has 3 nitrogen and oxygen atoms in total. The number of rotatable bonds is 3. The summed E-state index contributed by atoms with van der Waals surface area (Å²) in [6.45, 7) is 1.84. The normalized spacial score (nSPS) is 9.64. The van der Waals surface area contributed by atoms with Crippen LogP contribution in [0.5, 0.6) is 0 Å². The van der Waals surface area contributed by atoms with E-state index in [-0.39, 0.29) is 18.3 Å². The monoisotopic (exact) mass is 196 g/mol. The lowest BCUT2D eigenvalue weighted by Gasteiger charge is -2.06. The van der Waals surface area contributed by atoms with Crippen molar-refractivity contribution >= 4 is 11.6 Å². The van der Waals surface area contributed by atoms with E-state index in [0.29, 0.717) is 11.3 Å². The van der Waals surface area contributed by atoms with Gasteiger partial charge in [0.1, 0.15) is 5.82 Å². The lowest BCUT2D eigenvalue weighted by molar-refractivity contribution is -0.118. The van der Waals surface area contributed by atoms with Crippen molar-refractivity contribution in [3.05, 3.63) is 29.6 Å². The van der Waals surface area contributed by atoms with Crippen LogP contribution in [0, 0.1) is 12.7 Å². The summed E-state index contributed by atoms with van der Waals surface area (Å²) in [6.07, 6.45) is 0. The van der Waals surface area contributed by atoms with Gasteiger partial charge in [-0.1, -0.05) is 6.07 Å².